The molecule has 0 saturated carbocycles. The molecule has 0 aromatic heterocycles. The lowest BCUT2D eigenvalue weighted by Crippen LogP contribution is -2.48. The van der Waals surface area contributed by atoms with Gasteiger partial charge in [-0.05, 0) is 70.6 Å². The molecule has 0 bridgehead atoms. The smallest absolute Gasteiger partial charge is 0.0743 e. The lowest BCUT2D eigenvalue weighted by Gasteiger charge is -2.47. The first-order valence-corrected chi connectivity index (χ1v) is 11.9. The molecule has 2 atom stereocenters. The SMILES string of the molecule is [B]C(C)(C)C(C)COC(C)(C)C(C)(C)CCOC(C)(C)C(C)(C)C(C)COC(C)C. The van der Waals surface area contributed by atoms with Crippen molar-refractivity contribution in [2.24, 2.45) is 22.7 Å². The van der Waals surface area contributed by atoms with E-state index >= 15 is 0 Å². The first-order chi connectivity index (χ1) is 13.2. The Balaban J connectivity index is 4.91. The Morgan fingerprint density at radius 3 is 1.60 bits per heavy atom. The summed E-state index contributed by atoms with van der Waals surface area (Å²) in [5.74, 6) is 0.682. The average molecular weight is 425 g/mol. The molecule has 4 heteroatoms. The Morgan fingerprint density at radius 2 is 1.17 bits per heavy atom. The van der Waals surface area contributed by atoms with Crippen LogP contribution in [0.15, 0.2) is 0 Å². The van der Waals surface area contributed by atoms with Crippen molar-refractivity contribution in [2.45, 2.75) is 126 Å². The van der Waals surface area contributed by atoms with Gasteiger partial charge in [-0.15, -0.1) is 0 Å². The summed E-state index contributed by atoms with van der Waals surface area (Å²) < 4.78 is 18.8. The van der Waals surface area contributed by atoms with E-state index in [0.29, 0.717) is 19.1 Å². The molecule has 178 valence electrons. The van der Waals surface area contributed by atoms with Crippen LogP contribution in [-0.2, 0) is 14.2 Å². The minimum absolute atomic E-state index is 0.0137. The maximum Gasteiger partial charge on any atom is 0.0743 e. The van der Waals surface area contributed by atoms with Crippen LogP contribution in [0.25, 0.3) is 0 Å². The Labute approximate surface area is 190 Å². The quantitative estimate of drug-likeness (QED) is 0.279. The molecule has 0 aliphatic rings. The van der Waals surface area contributed by atoms with Gasteiger partial charge in [0.25, 0.3) is 0 Å². The maximum atomic E-state index is 6.50. The lowest BCUT2D eigenvalue weighted by molar-refractivity contribution is -0.153. The van der Waals surface area contributed by atoms with E-state index in [-0.39, 0.29) is 39.4 Å². The van der Waals surface area contributed by atoms with E-state index in [4.69, 9.17) is 22.1 Å². The average Bonchev–Trinajstić information content (AvgIpc) is 2.55. The molecule has 0 N–H and O–H groups in total. The van der Waals surface area contributed by atoms with Gasteiger partial charge in [0.15, 0.2) is 0 Å². The Hall–Kier alpha value is -0.0551. The second-order valence-electron chi connectivity index (χ2n) is 12.5. The van der Waals surface area contributed by atoms with Gasteiger partial charge in [0, 0.05) is 13.2 Å². The van der Waals surface area contributed by atoms with Crippen LogP contribution in [-0.4, -0.2) is 45.0 Å². The van der Waals surface area contributed by atoms with Gasteiger partial charge >= 0.3 is 0 Å². The maximum absolute atomic E-state index is 6.50. The first kappa shape index (κ1) is 29.9. The van der Waals surface area contributed by atoms with E-state index in [1.54, 1.807) is 0 Å². The van der Waals surface area contributed by atoms with Crippen molar-refractivity contribution in [1.29, 1.82) is 0 Å². The number of rotatable bonds is 14. The Bertz CT molecular complexity index is 501. The van der Waals surface area contributed by atoms with Crippen LogP contribution >= 0.6 is 0 Å². The molecule has 0 heterocycles. The van der Waals surface area contributed by atoms with Crippen molar-refractivity contribution >= 4 is 7.85 Å². The summed E-state index contributed by atoms with van der Waals surface area (Å²) in [6.45, 7) is 32.7. The van der Waals surface area contributed by atoms with E-state index in [0.717, 1.165) is 13.0 Å². The second-order valence-corrected chi connectivity index (χ2v) is 12.5. The molecule has 0 saturated heterocycles. The van der Waals surface area contributed by atoms with E-state index in [1.165, 1.54) is 0 Å². The van der Waals surface area contributed by atoms with Gasteiger partial charge in [-0.1, -0.05) is 60.7 Å². The van der Waals surface area contributed by atoms with Gasteiger partial charge < -0.3 is 14.2 Å². The fraction of sp³-hybridized carbons (Fsp3) is 1.00. The monoisotopic (exact) mass is 424 g/mol. The summed E-state index contributed by atoms with van der Waals surface area (Å²) in [6, 6.07) is 0. The molecule has 0 aromatic carbocycles. The molecule has 2 radical (unpaired) electrons. The van der Waals surface area contributed by atoms with Crippen molar-refractivity contribution in [3.05, 3.63) is 0 Å². The normalized spacial score (nSPS) is 16.8. The number of hydrogen-bond acceptors (Lipinski definition) is 3. The molecular weight excluding hydrogens is 371 g/mol. The minimum Gasteiger partial charge on any atom is -0.378 e. The summed E-state index contributed by atoms with van der Waals surface area (Å²) in [4.78, 5) is 0. The molecule has 0 amide bonds. The molecular formula is C26H53BO3. The van der Waals surface area contributed by atoms with E-state index in [1.807, 2.05) is 0 Å². The van der Waals surface area contributed by atoms with E-state index in [9.17, 15) is 0 Å². The molecule has 2 unspecified atom stereocenters. The third-order valence-corrected chi connectivity index (χ3v) is 8.25. The third-order valence-electron chi connectivity index (χ3n) is 8.25. The predicted octanol–water partition coefficient (Wildman–Crippen LogP) is 7.08. The van der Waals surface area contributed by atoms with Crippen LogP contribution in [0, 0.1) is 22.7 Å². The van der Waals surface area contributed by atoms with E-state index < -0.39 is 0 Å². The Morgan fingerprint density at radius 1 is 0.667 bits per heavy atom. The molecule has 0 aliphatic heterocycles. The van der Waals surface area contributed by atoms with Gasteiger partial charge in [0.05, 0.1) is 31.8 Å². The highest BCUT2D eigenvalue weighted by atomic mass is 16.5. The van der Waals surface area contributed by atoms with Crippen molar-refractivity contribution < 1.29 is 14.2 Å². The highest BCUT2D eigenvalue weighted by Crippen LogP contribution is 2.43. The summed E-state index contributed by atoms with van der Waals surface area (Å²) in [5.41, 5.74) is -0.571. The second kappa shape index (κ2) is 10.7. The van der Waals surface area contributed by atoms with Gasteiger partial charge in [-0.2, -0.15) is 0 Å². The van der Waals surface area contributed by atoms with Gasteiger partial charge in [0.1, 0.15) is 0 Å². The summed E-state index contributed by atoms with van der Waals surface area (Å²) in [7, 11) is 6.24. The molecule has 0 rings (SSSR count). The highest BCUT2D eigenvalue weighted by Gasteiger charge is 2.44. The first-order valence-electron chi connectivity index (χ1n) is 11.9. The summed E-state index contributed by atoms with van der Waals surface area (Å²) >= 11 is 0. The van der Waals surface area contributed by atoms with Crippen molar-refractivity contribution in [3.8, 4) is 0 Å². The zero-order chi connectivity index (χ0) is 24.2. The van der Waals surface area contributed by atoms with E-state index in [2.05, 4.69) is 96.9 Å². The largest absolute Gasteiger partial charge is 0.378 e. The van der Waals surface area contributed by atoms with Gasteiger partial charge in [-0.3, -0.25) is 0 Å². The van der Waals surface area contributed by atoms with Crippen LogP contribution in [0.1, 0.15) is 103 Å². The van der Waals surface area contributed by atoms with Gasteiger partial charge in [0.2, 0.25) is 0 Å². The Kier molecular flexibility index (Phi) is 10.7. The van der Waals surface area contributed by atoms with Crippen LogP contribution in [0.4, 0.5) is 0 Å². The van der Waals surface area contributed by atoms with Crippen LogP contribution in [0.3, 0.4) is 0 Å². The number of hydrogen-bond donors (Lipinski definition) is 0. The standard InChI is InChI=1S/C26H53BO3/c1-19(2)28-17-20(3)23(7,8)26(13,14)29-16-15-22(5,6)25(11,12)30-18-21(4)24(9,10)27/h19-21H,15-18H2,1-14H3. The zero-order valence-electron chi connectivity index (χ0n) is 22.9. The van der Waals surface area contributed by atoms with Crippen LogP contribution in [0.2, 0.25) is 5.31 Å². The highest BCUT2D eigenvalue weighted by molar-refractivity contribution is 6.14. The summed E-state index contributed by atoms with van der Waals surface area (Å²) in [5, 5.41) is -0.241. The topological polar surface area (TPSA) is 27.7 Å². The summed E-state index contributed by atoms with van der Waals surface area (Å²) in [6.07, 6.45) is 1.18. The number of ether oxygens (including phenoxy) is 3. The van der Waals surface area contributed by atoms with Crippen molar-refractivity contribution in [2.75, 3.05) is 19.8 Å². The zero-order valence-corrected chi connectivity index (χ0v) is 22.9. The molecule has 30 heavy (non-hydrogen) atoms. The fourth-order valence-electron chi connectivity index (χ4n) is 2.93. The van der Waals surface area contributed by atoms with Crippen molar-refractivity contribution in [3.63, 3.8) is 0 Å². The molecule has 0 aliphatic carbocycles. The minimum atomic E-state index is -0.270. The molecule has 3 nitrogen and oxygen atoms in total. The molecule has 0 fully saturated rings. The molecule has 0 aromatic rings. The van der Waals surface area contributed by atoms with Crippen molar-refractivity contribution in [1.82, 2.24) is 0 Å². The predicted molar refractivity (Wildman–Crippen MR) is 131 cm³/mol. The third kappa shape index (κ3) is 8.47. The molecule has 0 spiro atoms. The van der Waals surface area contributed by atoms with Crippen LogP contribution < -0.4 is 0 Å². The lowest BCUT2D eigenvalue weighted by atomic mass is 9.64. The van der Waals surface area contributed by atoms with Crippen LogP contribution in [0.5, 0.6) is 0 Å². The fourth-order valence-corrected chi connectivity index (χ4v) is 2.93. The van der Waals surface area contributed by atoms with Gasteiger partial charge in [-0.25, -0.2) is 0 Å².